The molecule has 0 aromatic heterocycles. The molecule has 0 radical (unpaired) electrons. The summed E-state index contributed by atoms with van der Waals surface area (Å²) in [6.07, 6.45) is 1.55. The number of amides is 1. The summed E-state index contributed by atoms with van der Waals surface area (Å²) in [6, 6.07) is 12.0. The number of carbonyl (C=O) groups is 1. The zero-order valence-electron chi connectivity index (χ0n) is 11.6. The van der Waals surface area contributed by atoms with Gasteiger partial charge in [-0.1, -0.05) is 0 Å². The highest BCUT2D eigenvalue weighted by Crippen LogP contribution is 2.18. The number of nitrogens with one attached hydrogen (secondary N) is 1. The Bertz CT molecular complexity index is 672. The van der Waals surface area contributed by atoms with E-state index in [1.165, 1.54) is 24.3 Å². The van der Waals surface area contributed by atoms with Gasteiger partial charge in [0.05, 0.1) is 0 Å². The maximum absolute atomic E-state index is 12.0. The molecule has 2 aromatic rings. The predicted molar refractivity (Wildman–Crippen MR) is 79.8 cm³/mol. The number of benzene rings is 2. The van der Waals surface area contributed by atoms with Gasteiger partial charge in [0, 0.05) is 33.2 Å². The van der Waals surface area contributed by atoms with E-state index < -0.39 is 17.4 Å². The lowest BCUT2D eigenvalue weighted by Crippen LogP contribution is -2.12. The minimum absolute atomic E-state index is 0.0165. The second-order valence-corrected chi connectivity index (χ2v) is 5.72. The van der Waals surface area contributed by atoms with Gasteiger partial charge >= 0.3 is 6.61 Å². The van der Waals surface area contributed by atoms with Gasteiger partial charge in [-0.2, -0.15) is 8.78 Å². The first-order chi connectivity index (χ1) is 10.5. The number of hydrogen-bond acceptors (Lipinski definition) is 3. The lowest BCUT2D eigenvalue weighted by molar-refractivity contribution is -0.0498. The first-order valence-electron chi connectivity index (χ1n) is 6.25. The van der Waals surface area contributed by atoms with Gasteiger partial charge in [-0.15, -0.1) is 0 Å². The minimum Gasteiger partial charge on any atom is -0.435 e. The van der Waals surface area contributed by atoms with Crippen LogP contribution in [0.15, 0.2) is 53.4 Å². The van der Waals surface area contributed by atoms with Crippen molar-refractivity contribution < 1.29 is 22.5 Å². The average molecular weight is 325 g/mol. The number of ether oxygens (including phenoxy) is 1. The van der Waals surface area contributed by atoms with Gasteiger partial charge in [-0.3, -0.25) is 9.00 Å². The fraction of sp³-hybridized carbons (Fsp3) is 0.133. The molecule has 0 fully saturated rings. The van der Waals surface area contributed by atoms with Crippen LogP contribution in [-0.4, -0.2) is 23.0 Å². The minimum atomic E-state index is -2.89. The number of halogens is 2. The molecule has 0 spiro atoms. The second-order valence-electron chi connectivity index (χ2n) is 4.34. The summed E-state index contributed by atoms with van der Waals surface area (Å²) in [6.45, 7) is -2.89. The van der Waals surface area contributed by atoms with Crippen LogP contribution < -0.4 is 10.1 Å². The number of anilines is 1. The third-order valence-corrected chi connectivity index (χ3v) is 3.72. The third-order valence-electron chi connectivity index (χ3n) is 2.79. The van der Waals surface area contributed by atoms with E-state index in [2.05, 4.69) is 10.1 Å². The summed E-state index contributed by atoms with van der Waals surface area (Å²) in [5.41, 5.74) is 0.858. The first-order valence-corrected chi connectivity index (χ1v) is 7.81. The Hall–Kier alpha value is -2.28. The van der Waals surface area contributed by atoms with Crippen molar-refractivity contribution in [2.24, 2.45) is 0 Å². The van der Waals surface area contributed by atoms with Crippen LogP contribution in [0.4, 0.5) is 14.5 Å². The molecule has 1 atom stereocenters. The summed E-state index contributed by atoms with van der Waals surface area (Å²) in [5.74, 6) is -0.334. The lowest BCUT2D eigenvalue weighted by atomic mass is 10.2. The molecule has 0 saturated heterocycles. The van der Waals surface area contributed by atoms with Crippen molar-refractivity contribution in [3.05, 3.63) is 54.1 Å². The van der Waals surface area contributed by atoms with E-state index in [9.17, 15) is 17.8 Å². The van der Waals surface area contributed by atoms with Crippen LogP contribution in [0.1, 0.15) is 10.4 Å². The maximum atomic E-state index is 12.0. The van der Waals surface area contributed by atoms with Crippen molar-refractivity contribution in [2.45, 2.75) is 11.5 Å². The molecule has 0 unspecified atom stereocenters. The van der Waals surface area contributed by atoms with Crippen LogP contribution in [-0.2, 0) is 10.8 Å². The first kappa shape index (κ1) is 16.1. The van der Waals surface area contributed by atoms with E-state index in [1.54, 1.807) is 30.5 Å². The highest BCUT2D eigenvalue weighted by Gasteiger charge is 2.08. The van der Waals surface area contributed by atoms with Crippen molar-refractivity contribution in [2.75, 3.05) is 11.6 Å². The highest BCUT2D eigenvalue weighted by atomic mass is 32.2. The van der Waals surface area contributed by atoms with Gasteiger partial charge in [-0.05, 0) is 48.5 Å². The van der Waals surface area contributed by atoms with Crippen molar-refractivity contribution in [1.29, 1.82) is 0 Å². The Morgan fingerprint density at radius 3 is 2.18 bits per heavy atom. The summed E-state index contributed by atoms with van der Waals surface area (Å²) in [5, 5.41) is 2.63. The summed E-state index contributed by atoms with van der Waals surface area (Å²) in [7, 11) is -1.10. The molecule has 1 N–H and O–H groups in total. The van der Waals surface area contributed by atoms with Crippen LogP contribution in [0.25, 0.3) is 0 Å². The van der Waals surface area contributed by atoms with Gasteiger partial charge in [0.25, 0.3) is 5.91 Å². The topological polar surface area (TPSA) is 55.4 Å². The molecule has 22 heavy (non-hydrogen) atoms. The van der Waals surface area contributed by atoms with E-state index in [-0.39, 0.29) is 11.7 Å². The zero-order valence-corrected chi connectivity index (χ0v) is 12.4. The van der Waals surface area contributed by atoms with Crippen molar-refractivity contribution >= 4 is 22.4 Å². The van der Waals surface area contributed by atoms with Gasteiger partial charge in [0.1, 0.15) is 5.75 Å². The van der Waals surface area contributed by atoms with Crippen LogP contribution >= 0.6 is 0 Å². The summed E-state index contributed by atoms with van der Waals surface area (Å²) >= 11 is 0. The second kappa shape index (κ2) is 7.13. The molecular formula is C15H13F2NO3S. The van der Waals surface area contributed by atoms with Crippen molar-refractivity contribution in [1.82, 2.24) is 0 Å². The normalized spacial score (nSPS) is 12.0. The summed E-state index contributed by atoms with van der Waals surface area (Å²) < 4.78 is 39.5. The van der Waals surface area contributed by atoms with Gasteiger partial charge < -0.3 is 10.1 Å². The van der Waals surface area contributed by atoms with E-state index in [4.69, 9.17) is 0 Å². The fourth-order valence-electron chi connectivity index (χ4n) is 1.72. The molecule has 1 amide bonds. The predicted octanol–water partition coefficient (Wildman–Crippen LogP) is 3.28. The Morgan fingerprint density at radius 2 is 1.68 bits per heavy atom. The lowest BCUT2D eigenvalue weighted by Gasteiger charge is -2.08. The van der Waals surface area contributed by atoms with E-state index >= 15 is 0 Å². The van der Waals surface area contributed by atoms with E-state index in [1.807, 2.05) is 0 Å². The molecule has 2 aromatic carbocycles. The Morgan fingerprint density at radius 1 is 1.09 bits per heavy atom. The van der Waals surface area contributed by atoms with E-state index in [0.29, 0.717) is 16.1 Å². The Labute approximate surface area is 128 Å². The molecule has 0 aliphatic heterocycles. The van der Waals surface area contributed by atoms with Crippen LogP contribution in [0, 0.1) is 0 Å². The maximum Gasteiger partial charge on any atom is 0.387 e. The number of carbonyl (C=O) groups excluding carboxylic acids is 1. The fourth-order valence-corrected chi connectivity index (χ4v) is 2.24. The molecule has 7 heteroatoms. The van der Waals surface area contributed by atoms with Gasteiger partial charge in [0.2, 0.25) is 0 Å². The third kappa shape index (κ3) is 4.36. The zero-order chi connectivity index (χ0) is 16.1. The van der Waals surface area contributed by atoms with Crippen LogP contribution in [0.5, 0.6) is 5.75 Å². The highest BCUT2D eigenvalue weighted by molar-refractivity contribution is 7.84. The molecular weight excluding hydrogens is 312 g/mol. The standard InChI is InChI=1S/C15H13F2NO3S/c1-22(20)13-8-2-10(3-9-13)14(19)18-11-4-6-12(7-5-11)21-15(16)17/h2-9,15H,1H3,(H,18,19)/t22-/m1/s1. The molecule has 0 bridgehead atoms. The smallest absolute Gasteiger partial charge is 0.387 e. The molecule has 0 aliphatic rings. The molecule has 0 aliphatic carbocycles. The number of hydrogen-bond donors (Lipinski definition) is 1. The molecule has 116 valence electrons. The van der Waals surface area contributed by atoms with Gasteiger partial charge in [-0.25, -0.2) is 0 Å². The molecule has 2 rings (SSSR count). The number of rotatable bonds is 5. The monoisotopic (exact) mass is 325 g/mol. The quantitative estimate of drug-likeness (QED) is 0.918. The van der Waals surface area contributed by atoms with E-state index in [0.717, 1.165) is 0 Å². The molecule has 4 nitrogen and oxygen atoms in total. The van der Waals surface area contributed by atoms with Crippen molar-refractivity contribution in [3.63, 3.8) is 0 Å². The Kier molecular flexibility index (Phi) is 5.21. The molecule has 0 heterocycles. The van der Waals surface area contributed by atoms with Crippen molar-refractivity contribution in [3.8, 4) is 5.75 Å². The summed E-state index contributed by atoms with van der Waals surface area (Å²) in [4.78, 5) is 12.6. The van der Waals surface area contributed by atoms with Crippen LogP contribution in [0.2, 0.25) is 0 Å². The van der Waals surface area contributed by atoms with Crippen LogP contribution in [0.3, 0.4) is 0 Å². The van der Waals surface area contributed by atoms with Gasteiger partial charge in [0.15, 0.2) is 0 Å². The molecule has 0 saturated carbocycles. The SMILES string of the molecule is C[S@@](=O)c1ccc(C(=O)Nc2ccc(OC(F)F)cc2)cc1. The average Bonchev–Trinajstić information content (AvgIpc) is 2.49. The number of alkyl halides is 2. The Balaban J connectivity index is 2.03. The largest absolute Gasteiger partial charge is 0.435 e.